The predicted octanol–water partition coefficient (Wildman–Crippen LogP) is 3.35. The minimum absolute atomic E-state index is 0.963. The second-order valence-electron chi connectivity index (χ2n) is 5.55. The lowest BCUT2D eigenvalue weighted by Crippen LogP contribution is -2.17. The van der Waals surface area contributed by atoms with Crippen molar-refractivity contribution in [2.24, 2.45) is 5.92 Å². The fourth-order valence-corrected chi connectivity index (χ4v) is 2.97. The summed E-state index contributed by atoms with van der Waals surface area (Å²) in [7, 11) is 0. The van der Waals surface area contributed by atoms with Gasteiger partial charge in [0.2, 0.25) is 0 Å². The van der Waals surface area contributed by atoms with Crippen LogP contribution in [-0.4, -0.2) is 16.1 Å². The van der Waals surface area contributed by atoms with E-state index in [1.165, 1.54) is 50.6 Å². The van der Waals surface area contributed by atoms with Gasteiger partial charge in [0.1, 0.15) is 0 Å². The maximum Gasteiger partial charge on any atom is 0.0948 e. The van der Waals surface area contributed by atoms with Gasteiger partial charge in [0.05, 0.1) is 12.0 Å². The monoisotopic (exact) mass is 249 g/mol. The SMILES string of the molecule is CCCn1cncc1CNCCCC1CCCC1. The number of rotatable bonds is 8. The first-order valence-corrected chi connectivity index (χ1v) is 7.60. The smallest absolute Gasteiger partial charge is 0.0948 e. The maximum absolute atomic E-state index is 4.23. The second kappa shape index (κ2) is 7.57. The van der Waals surface area contributed by atoms with E-state index in [1.807, 2.05) is 12.5 Å². The molecule has 1 aromatic heterocycles. The van der Waals surface area contributed by atoms with Crippen molar-refractivity contribution in [1.29, 1.82) is 0 Å². The molecule has 1 N–H and O–H groups in total. The van der Waals surface area contributed by atoms with Gasteiger partial charge in [-0.2, -0.15) is 0 Å². The van der Waals surface area contributed by atoms with Crippen molar-refractivity contribution in [3.8, 4) is 0 Å². The minimum Gasteiger partial charge on any atom is -0.333 e. The van der Waals surface area contributed by atoms with Crippen LogP contribution in [0.2, 0.25) is 0 Å². The molecule has 0 amide bonds. The van der Waals surface area contributed by atoms with Gasteiger partial charge in [0, 0.05) is 19.3 Å². The molecule has 3 nitrogen and oxygen atoms in total. The van der Waals surface area contributed by atoms with Crippen molar-refractivity contribution in [3.63, 3.8) is 0 Å². The van der Waals surface area contributed by atoms with Gasteiger partial charge in [-0.15, -0.1) is 0 Å². The predicted molar refractivity (Wildman–Crippen MR) is 75.4 cm³/mol. The van der Waals surface area contributed by atoms with Crippen molar-refractivity contribution in [3.05, 3.63) is 18.2 Å². The first-order chi connectivity index (χ1) is 8.90. The van der Waals surface area contributed by atoms with Crippen LogP contribution in [0.3, 0.4) is 0 Å². The fraction of sp³-hybridized carbons (Fsp3) is 0.800. The molecule has 1 aliphatic rings. The van der Waals surface area contributed by atoms with E-state index in [4.69, 9.17) is 0 Å². The van der Waals surface area contributed by atoms with Gasteiger partial charge in [-0.25, -0.2) is 4.98 Å². The average molecular weight is 249 g/mol. The molecule has 0 unspecified atom stereocenters. The van der Waals surface area contributed by atoms with E-state index in [0.29, 0.717) is 0 Å². The van der Waals surface area contributed by atoms with E-state index in [2.05, 4.69) is 21.8 Å². The van der Waals surface area contributed by atoms with Crippen LogP contribution < -0.4 is 5.32 Å². The molecule has 0 spiro atoms. The van der Waals surface area contributed by atoms with Crippen LogP contribution in [0.15, 0.2) is 12.5 Å². The Morgan fingerprint density at radius 1 is 1.39 bits per heavy atom. The van der Waals surface area contributed by atoms with Gasteiger partial charge >= 0.3 is 0 Å². The summed E-state index contributed by atoms with van der Waals surface area (Å²) in [4.78, 5) is 4.23. The Hall–Kier alpha value is -0.830. The van der Waals surface area contributed by atoms with Crippen molar-refractivity contribution >= 4 is 0 Å². The zero-order chi connectivity index (χ0) is 12.6. The maximum atomic E-state index is 4.23. The highest BCUT2D eigenvalue weighted by Crippen LogP contribution is 2.28. The minimum atomic E-state index is 0.963. The summed E-state index contributed by atoms with van der Waals surface area (Å²) in [6, 6.07) is 0. The number of nitrogens with one attached hydrogen (secondary N) is 1. The lowest BCUT2D eigenvalue weighted by molar-refractivity contribution is 0.467. The van der Waals surface area contributed by atoms with Crippen molar-refractivity contribution in [2.75, 3.05) is 6.54 Å². The van der Waals surface area contributed by atoms with E-state index in [9.17, 15) is 0 Å². The summed E-state index contributed by atoms with van der Waals surface area (Å²) < 4.78 is 2.25. The summed E-state index contributed by atoms with van der Waals surface area (Å²) in [6.07, 6.45) is 13.7. The molecule has 0 aromatic carbocycles. The Bertz CT molecular complexity index is 326. The molecule has 18 heavy (non-hydrogen) atoms. The van der Waals surface area contributed by atoms with Gasteiger partial charge in [-0.3, -0.25) is 0 Å². The van der Waals surface area contributed by atoms with E-state index >= 15 is 0 Å². The number of imidazole rings is 1. The topological polar surface area (TPSA) is 29.9 Å². The molecule has 102 valence electrons. The van der Waals surface area contributed by atoms with Crippen LogP contribution >= 0.6 is 0 Å². The molecule has 1 fully saturated rings. The number of hydrogen-bond acceptors (Lipinski definition) is 2. The quantitative estimate of drug-likeness (QED) is 0.716. The molecule has 0 aliphatic heterocycles. The van der Waals surface area contributed by atoms with Crippen LogP contribution in [0, 0.1) is 5.92 Å². The van der Waals surface area contributed by atoms with Gasteiger partial charge in [-0.1, -0.05) is 32.6 Å². The summed E-state index contributed by atoms with van der Waals surface area (Å²) >= 11 is 0. The highest BCUT2D eigenvalue weighted by Gasteiger charge is 2.13. The van der Waals surface area contributed by atoms with Gasteiger partial charge in [-0.05, 0) is 31.7 Å². The second-order valence-corrected chi connectivity index (χ2v) is 5.55. The van der Waals surface area contributed by atoms with Crippen LogP contribution in [0.25, 0.3) is 0 Å². The number of aromatic nitrogens is 2. The lowest BCUT2D eigenvalue weighted by atomic mass is 10.0. The van der Waals surface area contributed by atoms with Crippen LogP contribution in [-0.2, 0) is 13.1 Å². The van der Waals surface area contributed by atoms with Crippen molar-refractivity contribution in [1.82, 2.24) is 14.9 Å². The normalized spacial score (nSPS) is 16.5. The van der Waals surface area contributed by atoms with Crippen LogP contribution in [0.1, 0.15) is 57.6 Å². The van der Waals surface area contributed by atoms with Crippen molar-refractivity contribution < 1.29 is 0 Å². The third kappa shape index (κ3) is 4.13. The zero-order valence-corrected chi connectivity index (χ0v) is 11.7. The van der Waals surface area contributed by atoms with Gasteiger partial charge in [0.25, 0.3) is 0 Å². The molecule has 0 bridgehead atoms. The Morgan fingerprint density at radius 3 is 3.00 bits per heavy atom. The summed E-state index contributed by atoms with van der Waals surface area (Å²) in [5.41, 5.74) is 1.32. The Balaban J connectivity index is 1.58. The van der Waals surface area contributed by atoms with E-state index < -0.39 is 0 Å². The van der Waals surface area contributed by atoms with E-state index in [0.717, 1.165) is 25.6 Å². The molecule has 1 heterocycles. The van der Waals surface area contributed by atoms with Gasteiger partial charge < -0.3 is 9.88 Å². The fourth-order valence-electron chi connectivity index (χ4n) is 2.97. The Labute approximate surface area is 111 Å². The van der Waals surface area contributed by atoms with Crippen LogP contribution in [0.5, 0.6) is 0 Å². The molecule has 0 atom stereocenters. The largest absolute Gasteiger partial charge is 0.333 e. The molecule has 0 saturated heterocycles. The van der Waals surface area contributed by atoms with Crippen LogP contribution in [0.4, 0.5) is 0 Å². The number of nitrogens with zero attached hydrogens (tertiary/aromatic N) is 2. The molecular weight excluding hydrogens is 222 g/mol. The zero-order valence-electron chi connectivity index (χ0n) is 11.7. The Kier molecular flexibility index (Phi) is 5.72. The number of aryl methyl sites for hydroxylation is 1. The third-order valence-electron chi connectivity index (χ3n) is 4.01. The standard InChI is InChI=1S/C15H27N3/c1-2-10-18-13-17-12-15(18)11-16-9-5-8-14-6-3-4-7-14/h12-14,16H,2-11H2,1H3. The molecule has 1 saturated carbocycles. The van der Waals surface area contributed by atoms with Gasteiger partial charge in [0.15, 0.2) is 0 Å². The molecule has 3 heteroatoms. The number of hydrogen-bond donors (Lipinski definition) is 1. The molecule has 1 aromatic rings. The summed E-state index contributed by atoms with van der Waals surface area (Å²) in [6.45, 7) is 5.40. The molecule has 2 rings (SSSR count). The van der Waals surface area contributed by atoms with E-state index in [-0.39, 0.29) is 0 Å². The van der Waals surface area contributed by atoms with E-state index in [1.54, 1.807) is 0 Å². The van der Waals surface area contributed by atoms with Crippen molar-refractivity contribution in [2.45, 2.75) is 65.0 Å². The molecule has 0 radical (unpaired) electrons. The Morgan fingerprint density at radius 2 is 2.22 bits per heavy atom. The third-order valence-corrected chi connectivity index (χ3v) is 4.01. The first-order valence-electron chi connectivity index (χ1n) is 7.60. The highest BCUT2D eigenvalue weighted by molar-refractivity contribution is 4.97. The molecular formula is C15H27N3. The highest BCUT2D eigenvalue weighted by atomic mass is 15.1. The first kappa shape index (κ1) is 13.6. The summed E-state index contributed by atoms with van der Waals surface area (Å²) in [5, 5.41) is 3.55. The summed E-state index contributed by atoms with van der Waals surface area (Å²) in [5.74, 6) is 1.03. The average Bonchev–Trinajstić information content (AvgIpc) is 3.01. The lowest BCUT2D eigenvalue weighted by Gasteiger charge is -2.10. The molecule has 1 aliphatic carbocycles.